The molecule has 18 heavy (non-hydrogen) atoms. The van der Waals surface area contributed by atoms with Crippen molar-refractivity contribution < 1.29 is 4.39 Å². The Bertz CT molecular complexity index is 421. The second-order valence-electron chi connectivity index (χ2n) is 5.70. The number of likely N-dealkylation sites (tertiary alicyclic amines) is 1. The normalized spacial score (nSPS) is 28.1. The van der Waals surface area contributed by atoms with Crippen molar-refractivity contribution in [2.24, 2.45) is 0 Å². The van der Waals surface area contributed by atoms with Crippen molar-refractivity contribution in [3.8, 4) is 0 Å². The summed E-state index contributed by atoms with van der Waals surface area (Å²) in [6.45, 7) is 6.67. The lowest BCUT2D eigenvalue weighted by molar-refractivity contribution is 0.177. The van der Waals surface area contributed by atoms with Gasteiger partial charge in [-0.05, 0) is 26.7 Å². The number of pyridine rings is 1. The topological polar surface area (TPSA) is 19.4 Å². The molecule has 0 N–H and O–H groups in total. The van der Waals surface area contributed by atoms with Gasteiger partial charge in [-0.2, -0.15) is 0 Å². The van der Waals surface area contributed by atoms with E-state index in [4.69, 9.17) is 0 Å². The first-order valence-corrected chi connectivity index (χ1v) is 6.78. The fourth-order valence-corrected chi connectivity index (χ4v) is 3.32. The molecule has 1 aromatic heterocycles. The van der Waals surface area contributed by atoms with Gasteiger partial charge in [0.15, 0.2) is 0 Å². The van der Waals surface area contributed by atoms with E-state index in [1.807, 2.05) is 0 Å². The third-order valence-electron chi connectivity index (χ3n) is 4.23. The van der Waals surface area contributed by atoms with Gasteiger partial charge in [0.1, 0.15) is 5.82 Å². The van der Waals surface area contributed by atoms with Gasteiger partial charge in [0.25, 0.3) is 0 Å². The largest absolute Gasteiger partial charge is 0.362 e. The molecule has 2 aliphatic heterocycles. The Morgan fingerprint density at radius 3 is 2.44 bits per heavy atom. The summed E-state index contributed by atoms with van der Waals surface area (Å²) in [5, 5.41) is 0. The summed E-state index contributed by atoms with van der Waals surface area (Å²) in [7, 11) is 0. The van der Waals surface area contributed by atoms with Crippen LogP contribution in [0, 0.1) is 5.82 Å². The van der Waals surface area contributed by atoms with Gasteiger partial charge in [-0.25, -0.2) is 4.39 Å². The van der Waals surface area contributed by atoms with Crippen molar-refractivity contribution in [3.63, 3.8) is 0 Å². The van der Waals surface area contributed by atoms with Crippen LogP contribution in [0.15, 0.2) is 18.5 Å². The third kappa shape index (κ3) is 1.99. The smallest absolute Gasteiger partial charge is 0.143 e. The van der Waals surface area contributed by atoms with Crippen LogP contribution < -0.4 is 4.90 Å². The average Bonchev–Trinajstić information content (AvgIpc) is 2.59. The van der Waals surface area contributed by atoms with Gasteiger partial charge in [0.05, 0.1) is 18.1 Å². The number of hydrogen-bond donors (Lipinski definition) is 0. The monoisotopic (exact) mass is 249 g/mol. The SMILES string of the molecule is CC(C)N1CC2CCC(C1)N2c1cncc(F)c1. The second kappa shape index (κ2) is 4.50. The Hall–Kier alpha value is -1.16. The number of nitrogens with zero attached hydrogens (tertiary/aromatic N) is 3. The highest BCUT2D eigenvalue weighted by Crippen LogP contribution is 2.35. The molecule has 2 aliphatic rings. The second-order valence-corrected chi connectivity index (χ2v) is 5.70. The maximum Gasteiger partial charge on any atom is 0.143 e. The number of anilines is 1. The first-order chi connectivity index (χ1) is 8.65. The van der Waals surface area contributed by atoms with Crippen LogP contribution in [-0.4, -0.2) is 41.1 Å². The molecule has 2 unspecified atom stereocenters. The molecule has 3 heterocycles. The molecule has 2 atom stereocenters. The van der Waals surface area contributed by atoms with Crippen molar-refractivity contribution in [2.75, 3.05) is 18.0 Å². The summed E-state index contributed by atoms with van der Waals surface area (Å²) in [6.07, 6.45) is 5.49. The third-order valence-corrected chi connectivity index (χ3v) is 4.23. The van der Waals surface area contributed by atoms with Gasteiger partial charge in [-0.3, -0.25) is 9.88 Å². The lowest BCUT2D eigenvalue weighted by Crippen LogP contribution is -2.55. The van der Waals surface area contributed by atoms with E-state index in [2.05, 4.69) is 28.6 Å². The molecule has 0 aromatic carbocycles. The van der Waals surface area contributed by atoms with E-state index in [0.717, 1.165) is 18.8 Å². The Kier molecular flexibility index (Phi) is 2.98. The molecule has 2 saturated heterocycles. The molecule has 2 fully saturated rings. The number of fused-ring (bicyclic) bond motifs is 2. The molecular weight excluding hydrogens is 229 g/mol. The van der Waals surface area contributed by atoms with E-state index in [1.54, 1.807) is 12.3 Å². The van der Waals surface area contributed by atoms with Crippen LogP contribution in [-0.2, 0) is 0 Å². The number of aromatic nitrogens is 1. The number of hydrogen-bond acceptors (Lipinski definition) is 3. The van der Waals surface area contributed by atoms with Crippen molar-refractivity contribution in [1.29, 1.82) is 0 Å². The first-order valence-electron chi connectivity index (χ1n) is 6.78. The first kappa shape index (κ1) is 11.9. The average molecular weight is 249 g/mol. The predicted molar refractivity (Wildman–Crippen MR) is 70.2 cm³/mol. The molecule has 0 spiro atoms. The Morgan fingerprint density at radius 1 is 1.22 bits per heavy atom. The molecule has 0 radical (unpaired) electrons. The maximum absolute atomic E-state index is 13.3. The van der Waals surface area contributed by atoms with Crippen LogP contribution in [0.4, 0.5) is 10.1 Å². The standard InChI is InChI=1S/C14H20FN3/c1-10(2)17-8-12-3-4-13(9-17)18(12)14-5-11(15)6-16-7-14/h5-7,10,12-13H,3-4,8-9H2,1-2H3. The molecule has 0 amide bonds. The molecule has 1 aromatic rings. The number of rotatable bonds is 2. The Balaban J connectivity index is 1.84. The van der Waals surface area contributed by atoms with Gasteiger partial charge >= 0.3 is 0 Å². The van der Waals surface area contributed by atoms with E-state index in [9.17, 15) is 4.39 Å². The Labute approximate surface area is 108 Å². The quantitative estimate of drug-likeness (QED) is 0.801. The highest BCUT2D eigenvalue weighted by atomic mass is 19.1. The van der Waals surface area contributed by atoms with Crippen LogP contribution >= 0.6 is 0 Å². The van der Waals surface area contributed by atoms with Crippen molar-refractivity contribution in [3.05, 3.63) is 24.3 Å². The zero-order valence-electron chi connectivity index (χ0n) is 11.0. The van der Waals surface area contributed by atoms with E-state index in [1.165, 1.54) is 19.0 Å². The highest BCUT2D eigenvalue weighted by Gasteiger charge is 2.40. The zero-order chi connectivity index (χ0) is 12.7. The van der Waals surface area contributed by atoms with E-state index < -0.39 is 0 Å². The van der Waals surface area contributed by atoms with E-state index in [-0.39, 0.29) is 5.82 Å². The van der Waals surface area contributed by atoms with Gasteiger partial charge in [0.2, 0.25) is 0 Å². The minimum absolute atomic E-state index is 0.238. The van der Waals surface area contributed by atoms with Crippen LogP contribution in [0.3, 0.4) is 0 Å². The molecule has 3 nitrogen and oxygen atoms in total. The molecular formula is C14H20FN3. The van der Waals surface area contributed by atoms with Crippen molar-refractivity contribution in [1.82, 2.24) is 9.88 Å². The van der Waals surface area contributed by atoms with Crippen LogP contribution in [0.25, 0.3) is 0 Å². The summed E-state index contributed by atoms with van der Waals surface area (Å²) in [4.78, 5) is 8.90. The van der Waals surface area contributed by atoms with Gasteiger partial charge < -0.3 is 4.90 Å². The summed E-state index contributed by atoms with van der Waals surface area (Å²) < 4.78 is 13.3. The van der Waals surface area contributed by atoms with Crippen LogP contribution in [0.2, 0.25) is 0 Å². The zero-order valence-corrected chi connectivity index (χ0v) is 11.0. The summed E-state index contributed by atoms with van der Waals surface area (Å²) in [5.41, 5.74) is 0.950. The summed E-state index contributed by atoms with van der Waals surface area (Å²) in [5.74, 6) is -0.238. The molecule has 0 saturated carbocycles. The van der Waals surface area contributed by atoms with Gasteiger partial charge in [-0.15, -0.1) is 0 Å². The highest BCUT2D eigenvalue weighted by molar-refractivity contribution is 5.49. The lowest BCUT2D eigenvalue weighted by atomic mass is 10.1. The lowest BCUT2D eigenvalue weighted by Gasteiger charge is -2.44. The predicted octanol–water partition coefficient (Wildman–Crippen LogP) is 2.28. The van der Waals surface area contributed by atoms with E-state index in [0.29, 0.717) is 18.1 Å². The molecule has 4 heteroatoms. The van der Waals surface area contributed by atoms with Crippen LogP contribution in [0.5, 0.6) is 0 Å². The molecule has 0 aliphatic carbocycles. The van der Waals surface area contributed by atoms with Gasteiger partial charge in [0, 0.05) is 37.3 Å². The molecule has 98 valence electrons. The maximum atomic E-state index is 13.3. The fraction of sp³-hybridized carbons (Fsp3) is 0.643. The Morgan fingerprint density at radius 2 is 1.89 bits per heavy atom. The minimum Gasteiger partial charge on any atom is -0.362 e. The van der Waals surface area contributed by atoms with Gasteiger partial charge in [-0.1, -0.05) is 0 Å². The number of piperazine rings is 1. The molecule has 3 rings (SSSR count). The van der Waals surface area contributed by atoms with Crippen molar-refractivity contribution in [2.45, 2.75) is 44.8 Å². The summed E-state index contributed by atoms with van der Waals surface area (Å²) >= 11 is 0. The summed E-state index contributed by atoms with van der Waals surface area (Å²) in [6, 6.07) is 3.26. The molecule has 2 bridgehead atoms. The van der Waals surface area contributed by atoms with Crippen molar-refractivity contribution >= 4 is 5.69 Å². The fourth-order valence-electron chi connectivity index (χ4n) is 3.32. The van der Waals surface area contributed by atoms with E-state index >= 15 is 0 Å². The number of halogens is 1. The minimum atomic E-state index is -0.238. The van der Waals surface area contributed by atoms with Crippen LogP contribution in [0.1, 0.15) is 26.7 Å².